The van der Waals surface area contributed by atoms with Crippen LogP contribution in [0.3, 0.4) is 0 Å². The molecule has 0 fully saturated rings. The zero-order valence-corrected chi connectivity index (χ0v) is 14.2. The van der Waals surface area contributed by atoms with Crippen LogP contribution in [0.2, 0.25) is 10.0 Å². The summed E-state index contributed by atoms with van der Waals surface area (Å²) in [5.74, 6) is -0.184. The highest BCUT2D eigenvalue weighted by atomic mass is 35.5. The number of hydrogen-bond donors (Lipinski definition) is 1. The number of hydrogen-bond acceptors (Lipinski definition) is 2. The Morgan fingerprint density at radius 1 is 1.13 bits per heavy atom. The highest BCUT2D eigenvalue weighted by molar-refractivity contribution is 6.42. The van der Waals surface area contributed by atoms with Crippen molar-refractivity contribution < 1.29 is 9.53 Å². The van der Waals surface area contributed by atoms with Crippen molar-refractivity contribution in [2.24, 2.45) is 0 Å². The Kier molecular flexibility index (Phi) is 4.62. The molecule has 120 valence electrons. The summed E-state index contributed by atoms with van der Waals surface area (Å²) in [5, 5.41) is 3.75. The third-order valence-electron chi connectivity index (χ3n) is 4.33. The Hall–Kier alpha value is -1.55. The molecule has 0 saturated heterocycles. The van der Waals surface area contributed by atoms with Gasteiger partial charge in [0.05, 0.1) is 15.6 Å². The Morgan fingerprint density at radius 3 is 2.35 bits per heavy atom. The summed E-state index contributed by atoms with van der Waals surface area (Å²) in [6.45, 7) is 0.442. The first-order chi connectivity index (χ1) is 11.0. The second-order valence-electron chi connectivity index (χ2n) is 5.82. The molecule has 1 aliphatic carbocycles. The molecule has 0 atom stereocenters. The van der Waals surface area contributed by atoms with E-state index in [0.717, 1.165) is 12.8 Å². The molecule has 3 nitrogen and oxygen atoms in total. The Bertz CT molecular complexity index is 721. The normalized spacial score (nSPS) is 15.3. The molecule has 0 saturated carbocycles. The van der Waals surface area contributed by atoms with Crippen LogP contribution in [-0.2, 0) is 17.6 Å². The molecular formula is C18H17Cl2NO2. The molecule has 0 heterocycles. The van der Waals surface area contributed by atoms with Gasteiger partial charge in [-0.3, -0.25) is 4.79 Å². The van der Waals surface area contributed by atoms with Gasteiger partial charge in [0.1, 0.15) is 0 Å². The van der Waals surface area contributed by atoms with Crippen molar-refractivity contribution in [1.29, 1.82) is 0 Å². The van der Waals surface area contributed by atoms with Gasteiger partial charge in [-0.15, -0.1) is 0 Å². The van der Waals surface area contributed by atoms with Crippen LogP contribution in [0.25, 0.3) is 0 Å². The van der Waals surface area contributed by atoms with E-state index in [-0.39, 0.29) is 5.91 Å². The van der Waals surface area contributed by atoms with E-state index in [1.807, 2.05) is 12.1 Å². The number of amides is 1. The summed E-state index contributed by atoms with van der Waals surface area (Å²) in [5.41, 5.74) is 2.65. The second-order valence-corrected chi connectivity index (χ2v) is 6.64. The lowest BCUT2D eigenvalue weighted by Crippen LogP contribution is -2.45. The predicted molar refractivity (Wildman–Crippen MR) is 92.4 cm³/mol. The van der Waals surface area contributed by atoms with Gasteiger partial charge in [-0.25, -0.2) is 0 Å². The van der Waals surface area contributed by atoms with E-state index in [2.05, 4.69) is 17.4 Å². The molecule has 1 aliphatic rings. The fourth-order valence-electron chi connectivity index (χ4n) is 2.98. The fraction of sp³-hybridized carbons (Fsp3) is 0.278. The van der Waals surface area contributed by atoms with Gasteiger partial charge in [-0.2, -0.15) is 0 Å². The van der Waals surface area contributed by atoms with Gasteiger partial charge in [0, 0.05) is 32.1 Å². The molecule has 0 aliphatic heterocycles. The van der Waals surface area contributed by atoms with E-state index in [9.17, 15) is 4.79 Å². The van der Waals surface area contributed by atoms with Crippen molar-refractivity contribution >= 4 is 29.1 Å². The minimum atomic E-state index is -0.393. The number of rotatable bonds is 4. The van der Waals surface area contributed by atoms with Crippen LogP contribution in [0.1, 0.15) is 21.5 Å². The molecule has 0 unspecified atom stereocenters. The summed E-state index contributed by atoms with van der Waals surface area (Å²) in [6, 6.07) is 13.1. The van der Waals surface area contributed by atoms with E-state index in [1.54, 1.807) is 25.3 Å². The third-order valence-corrected chi connectivity index (χ3v) is 5.07. The number of benzene rings is 2. The first-order valence-electron chi connectivity index (χ1n) is 7.38. The average Bonchev–Trinajstić information content (AvgIpc) is 2.94. The molecule has 1 amide bonds. The van der Waals surface area contributed by atoms with Crippen molar-refractivity contribution in [2.75, 3.05) is 13.7 Å². The van der Waals surface area contributed by atoms with Crippen molar-refractivity contribution in [2.45, 2.75) is 18.4 Å². The van der Waals surface area contributed by atoms with Gasteiger partial charge in [0.2, 0.25) is 0 Å². The maximum atomic E-state index is 12.3. The standard InChI is InChI=1S/C18H17Cl2NO2/c1-23-18(9-13-4-2-3-5-14(13)10-18)11-21-17(22)12-6-7-15(19)16(20)8-12/h2-8H,9-11H2,1H3,(H,21,22). The molecule has 3 rings (SSSR count). The quantitative estimate of drug-likeness (QED) is 0.908. The number of halogens is 2. The van der Waals surface area contributed by atoms with E-state index < -0.39 is 5.60 Å². The van der Waals surface area contributed by atoms with E-state index >= 15 is 0 Å². The van der Waals surface area contributed by atoms with Crippen LogP contribution in [0.4, 0.5) is 0 Å². The molecule has 23 heavy (non-hydrogen) atoms. The zero-order valence-electron chi connectivity index (χ0n) is 12.7. The maximum Gasteiger partial charge on any atom is 0.251 e. The van der Waals surface area contributed by atoms with Crippen LogP contribution in [-0.4, -0.2) is 25.2 Å². The zero-order chi connectivity index (χ0) is 16.4. The van der Waals surface area contributed by atoms with Gasteiger partial charge >= 0.3 is 0 Å². The van der Waals surface area contributed by atoms with E-state index in [4.69, 9.17) is 27.9 Å². The van der Waals surface area contributed by atoms with E-state index in [0.29, 0.717) is 22.2 Å². The molecule has 2 aromatic rings. The van der Waals surface area contributed by atoms with Crippen molar-refractivity contribution in [1.82, 2.24) is 5.32 Å². The van der Waals surface area contributed by atoms with Crippen molar-refractivity contribution in [3.63, 3.8) is 0 Å². The summed E-state index contributed by atoms with van der Waals surface area (Å²) in [6.07, 6.45) is 1.59. The molecule has 0 bridgehead atoms. The maximum absolute atomic E-state index is 12.3. The minimum Gasteiger partial charge on any atom is -0.376 e. The van der Waals surface area contributed by atoms with Crippen LogP contribution in [0, 0.1) is 0 Å². The Labute approximate surface area is 145 Å². The topological polar surface area (TPSA) is 38.3 Å². The molecule has 0 spiro atoms. The minimum absolute atomic E-state index is 0.184. The number of ether oxygens (including phenoxy) is 1. The van der Waals surface area contributed by atoms with Gasteiger partial charge in [-0.1, -0.05) is 47.5 Å². The van der Waals surface area contributed by atoms with Crippen molar-refractivity contribution in [3.05, 3.63) is 69.2 Å². The van der Waals surface area contributed by atoms with Crippen LogP contribution >= 0.6 is 23.2 Å². The SMILES string of the molecule is COC1(CNC(=O)c2ccc(Cl)c(Cl)c2)Cc2ccccc2C1. The number of carbonyl (C=O) groups is 1. The van der Waals surface area contributed by atoms with Crippen LogP contribution < -0.4 is 5.32 Å². The summed E-state index contributed by atoms with van der Waals surface area (Å²) in [7, 11) is 1.69. The first kappa shape index (κ1) is 16.3. The predicted octanol–water partition coefficient (Wildman–Crippen LogP) is 3.91. The van der Waals surface area contributed by atoms with Gasteiger partial charge in [-0.05, 0) is 29.3 Å². The molecule has 5 heteroatoms. The smallest absolute Gasteiger partial charge is 0.251 e. The third kappa shape index (κ3) is 3.37. The van der Waals surface area contributed by atoms with Gasteiger partial charge in [0.25, 0.3) is 5.91 Å². The Balaban J connectivity index is 1.69. The van der Waals surface area contributed by atoms with Crippen LogP contribution in [0.15, 0.2) is 42.5 Å². The number of methoxy groups -OCH3 is 1. The van der Waals surface area contributed by atoms with Gasteiger partial charge in [0.15, 0.2) is 0 Å². The largest absolute Gasteiger partial charge is 0.376 e. The van der Waals surface area contributed by atoms with Crippen LogP contribution in [0.5, 0.6) is 0 Å². The summed E-state index contributed by atoms with van der Waals surface area (Å²) < 4.78 is 5.75. The average molecular weight is 350 g/mol. The van der Waals surface area contributed by atoms with E-state index in [1.165, 1.54) is 11.1 Å². The molecular weight excluding hydrogens is 333 g/mol. The molecule has 0 radical (unpaired) electrons. The summed E-state index contributed by atoms with van der Waals surface area (Å²) in [4.78, 5) is 12.3. The number of nitrogens with one attached hydrogen (secondary N) is 1. The molecule has 2 aromatic carbocycles. The fourth-order valence-corrected chi connectivity index (χ4v) is 3.28. The molecule has 1 N–H and O–H groups in total. The molecule has 0 aromatic heterocycles. The lowest BCUT2D eigenvalue weighted by Gasteiger charge is -2.27. The summed E-state index contributed by atoms with van der Waals surface area (Å²) >= 11 is 11.8. The van der Waals surface area contributed by atoms with Crippen molar-refractivity contribution in [3.8, 4) is 0 Å². The number of fused-ring (bicyclic) bond motifs is 1. The monoisotopic (exact) mass is 349 g/mol. The van der Waals surface area contributed by atoms with Gasteiger partial charge < -0.3 is 10.1 Å². The Morgan fingerprint density at radius 2 is 1.78 bits per heavy atom. The second kappa shape index (κ2) is 6.52. The lowest BCUT2D eigenvalue weighted by molar-refractivity contribution is 0.000177. The lowest BCUT2D eigenvalue weighted by atomic mass is 10.00. The highest BCUT2D eigenvalue weighted by Crippen LogP contribution is 2.32. The number of carbonyl (C=O) groups excluding carboxylic acids is 1. The highest BCUT2D eigenvalue weighted by Gasteiger charge is 2.37. The first-order valence-corrected chi connectivity index (χ1v) is 8.14.